The number of hydrogen-bond acceptors (Lipinski definition) is 7. The van der Waals surface area contributed by atoms with Crippen molar-refractivity contribution in [3.05, 3.63) is 68.8 Å². The molecule has 0 aliphatic heterocycles. The fraction of sp³-hybridized carbons (Fsp3) is 0.300. The zero-order valence-electron chi connectivity index (χ0n) is 16.9. The van der Waals surface area contributed by atoms with E-state index in [4.69, 9.17) is 4.74 Å². The number of methoxy groups -OCH3 is 2. The number of nitrogens with zero attached hydrogens (tertiary/aromatic N) is 1. The van der Waals surface area contributed by atoms with Gasteiger partial charge in [0.25, 0.3) is 0 Å². The minimum absolute atomic E-state index is 0.111. The van der Waals surface area contributed by atoms with Crippen molar-refractivity contribution in [1.82, 2.24) is 0 Å². The van der Waals surface area contributed by atoms with E-state index in [2.05, 4.69) is 9.47 Å². The number of aryl methyl sites for hydroxylation is 1. The molecule has 0 aliphatic carbocycles. The van der Waals surface area contributed by atoms with E-state index in [-0.39, 0.29) is 16.7 Å². The van der Waals surface area contributed by atoms with Crippen molar-refractivity contribution in [3.63, 3.8) is 0 Å². The highest BCUT2D eigenvalue weighted by Crippen LogP contribution is 2.39. The number of ether oxygens (including phenoxy) is 3. The van der Waals surface area contributed by atoms with E-state index in [1.807, 2.05) is 0 Å². The van der Waals surface area contributed by atoms with Crippen LogP contribution in [0.2, 0.25) is 0 Å². The smallest absolute Gasteiger partial charge is 0.416 e. The van der Waals surface area contributed by atoms with E-state index in [1.165, 1.54) is 13.0 Å². The van der Waals surface area contributed by atoms with Crippen LogP contribution in [0.5, 0.6) is 5.75 Å². The number of rotatable bonds is 6. The Balaban J connectivity index is 2.68. The quantitative estimate of drug-likeness (QED) is 0.376. The van der Waals surface area contributed by atoms with Gasteiger partial charge in [-0.05, 0) is 37.6 Å². The van der Waals surface area contributed by atoms with Crippen molar-refractivity contribution < 1.29 is 41.9 Å². The van der Waals surface area contributed by atoms with E-state index >= 15 is 0 Å². The molecule has 0 aliphatic rings. The molecule has 0 heterocycles. The number of hydrogen-bond donors (Lipinski definition) is 0. The number of halogens is 3. The summed E-state index contributed by atoms with van der Waals surface area (Å²) in [6.45, 7) is 2.57. The number of carbonyl (C=O) groups excluding carboxylic acids is 2. The molecule has 2 rings (SSSR count). The van der Waals surface area contributed by atoms with Crippen molar-refractivity contribution in [3.8, 4) is 5.75 Å². The molecule has 0 amide bonds. The van der Waals surface area contributed by atoms with E-state index in [0.717, 1.165) is 45.4 Å². The second-order valence-corrected chi connectivity index (χ2v) is 6.59. The molecular formula is C20H18F3NO7. The summed E-state index contributed by atoms with van der Waals surface area (Å²) < 4.78 is 54.3. The number of benzene rings is 2. The molecule has 0 radical (unpaired) electrons. The fourth-order valence-electron chi connectivity index (χ4n) is 2.85. The predicted molar refractivity (Wildman–Crippen MR) is 101 cm³/mol. The van der Waals surface area contributed by atoms with E-state index in [0.29, 0.717) is 6.07 Å². The van der Waals surface area contributed by atoms with Crippen LogP contribution in [0, 0.1) is 17.0 Å². The van der Waals surface area contributed by atoms with Gasteiger partial charge in [0.1, 0.15) is 0 Å². The van der Waals surface area contributed by atoms with Crippen LogP contribution in [0.15, 0.2) is 36.4 Å². The summed E-state index contributed by atoms with van der Waals surface area (Å²) in [4.78, 5) is 35.1. The van der Waals surface area contributed by atoms with Crippen LogP contribution in [0.1, 0.15) is 34.0 Å². The lowest BCUT2D eigenvalue weighted by Gasteiger charge is -2.29. The Morgan fingerprint density at radius 2 is 1.65 bits per heavy atom. The minimum Gasteiger partial charge on any atom is -0.466 e. The van der Waals surface area contributed by atoms with Gasteiger partial charge in [-0.1, -0.05) is 12.1 Å². The molecule has 0 bridgehead atoms. The number of carbonyl (C=O) groups is 2. The lowest BCUT2D eigenvalue weighted by molar-refractivity contribution is -0.386. The van der Waals surface area contributed by atoms with Crippen molar-refractivity contribution in [2.24, 2.45) is 0 Å². The van der Waals surface area contributed by atoms with Gasteiger partial charge < -0.3 is 14.2 Å². The molecule has 31 heavy (non-hydrogen) atoms. The summed E-state index contributed by atoms with van der Waals surface area (Å²) in [6.07, 6.45) is -4.70. The first-order valence-electron chi connectivity index (χ1n) is 8.67. The number of alkyl halides is 3. The molecule has 1 unspecified atom stereocenters. The SMILES string of the molecule is COC(=O)c1cc([N+](=O)[O-])c(OC(C)(C(=O)OC)c2cccc(C(F)(F)F)c2)cc1C. The number of nitro groups is 1. The summed E-state index contributed by atoms with van der Waals surface area (Å²) >= 11 is 0. The Hall–Kier alpha value is -3.63. The van der Waals surface area contributed by atoms with E-state index < -0.39 is 45.6 Å². The molecule has 0 saturated carbocycles. The first-order valence-corrected chi connectivity index (χ1v) is 8.67. The van der Waals surface area contributed by atoms with Crippen molar-refractivity contribution in [2.75, 3.05) is 14.2 Å². The normalized spacial score (nSPS) is 13.1. The van der Waals surface area contributed by atoms with Crippen molar-refractivity contribution in [2.45, 2.75) is 25.6 Å². The first kappa shape index (κ1) is 23.6. The first-order chi connectivity index (χ1) is 14.3. The third-order valence-corrected chi connectivity index (χ3v) is 4.54. The summed E-state index contributed by atoms with van der Waals surface area (Å²) in [5.74, 6) is -2.36. The largest absolute Gasteiger partial charge is 0.466 e. The van der Waals surface area contributed by atoms with Gasteiger partial charge in [0.05, 0.1) is 30.3 Å². The standard InChI is InChI=1S/C20H18F3NO7/c1-11-8-16(15(24(27)28)10-14(11)17(25)29-3)31-19(2,18(26)30-4)12-6-5-7-13(9-12)20(21,22)23/h5-10H,1-4H3. The third kappa shape index (κ3) is 4.76. The molecule has 0 saturated heterocycles. The van der Waals surface area contributed by atoms with Crippen LogP contribution in [0.3, 0.4) is 0 Å². The van der Waals surface area contributed by atoms with Gasteiger partial charge >= 0.3 is 23.8 Å². The maximum Gasteiger partial charge on any atom is 0.416 e. The monoisotopic (exact) mass is 441 g/mol. The molecule has 166 valence electrons. The van der Waals surface area contributed by atoms with E-state index in [9.17, 15) is 32.9 Å². The molecule has 2 aromatic rings. The summed E-state index contributed by atoms with van der Waals surface area (Å²) in [6, 6.07) is 5.80. The summed E-state index contributed by atoms with van der Waals surface area (Å²) in [7, 11) is 2.09. The molecule has 0 N–H and O–H groups in total. The lowest BCUT2D eigenvalue weighted by atomic mass is 9.93. The maximum absolute atomic E-state index is 13.2. The summed E-state index contributed by atoms with van der Waals surface area (Å²) in [5, 5.41) is 11.6. The number of esters is 2. The molecule has 1 atom stereocenters. The third-order valence-electron chi connectivity index (χ3n) is 4.54. The molecule has 8 nitrogen and oxygen atoms in total. The molecule has 11 heteroatoms. The van der Waals surface area contributed by atoms with E-state index in [1.54, 1.807) is 0 Å². The van der Waals surface area contributed by atoms with Crippen LogP contribution in [-0.2, 0) is 26.0 Å². The summed E-state index contributed by atoms with van der Waals surface area (Å²) in [5.41, 5.74) is -4.02. The lowest BCUT2D eigenvalue weighted by Crippen LogP contribution is -2.40. The van der Waals surface area contributed by atoms with Crippen molar-refractivity contribution >= 4 is 17.6 Å². The van der Waals surface area contributed by atoms with Crippen LogP contribution in [0.4, 0.5) is 18.9 Å². The average Bonchev–Trinajstić information content (AvgIpc) is 2.71. The minimum atomic E-state index is -4.70. The van der Waals surface area contributed by atoms with Gasteiger partial charge in [0.2, 0.25) is 5.60 Å². The van der Waals surface area contributed by atoms with Crippen LogP contribution in [-0.4, -0.2) is 31.1 Å². The van der Waals surface area contributed by atoms with Gasteiger partial charge in [0.15, 0.2) is 5.75 Å². The topological polar surface area (TPSA) is 105 Å². The molecule has 0 spiro atoms. The Morgan fingerprint density at radius 3 is 2.16 bits per heavy atom. The zero-order valence-corrected chi connectivity index (χ0v) is 16.9. The fourth-order valence-corrected chi connectivity index (χ4v) is 2.85. The van der Waals surface area contributed by atoms with Crippen LogP contribution in [0.25, 0.3) is 0 Å². The van der Waals surface area contributed by atoms with Crippen molar-refractivity contribution in [1.29, 1.82) is 0 Å². The predicted octanol–water partition coefficient (Wildman–Crippen LogP) is 4.18. The van der Waals surface area contributed by atoms with Gasteiger partial charge in [-0.15, -0.1) is 0 Å². The van der Waals surface area contributed by atoms with Crippen LogP contribution < -0.4 is 4.74 Å². The van der Waals surface area contributed by atoms with Crippen LogP contribution >= 0.6 is 0 Å². The Labute approximate surface area is 174 Å². The Bertz CT molecular complexity index is 1040. The Morgan fingerprint density at radius 1 is 1.03 bits per heavy atom. The molecular weight excluding hydrogens is 423 g/mol. The highest BCUT2D eigenvalue weighted by atomic mass is 19.4. The molecule has 2 aromatic carbocycles. The molecule has 0 aromatic heterocycles. The van der Waals surface area contributed by atoms with Gasteiger partial charge in [-0.25, -0.2) is 9.59 Å². The van der Waals surface area contributed by atoms with Gasteiger partial charge in [-0.3, -0.25) is 10.1 Å². The van der Waals surface area contributed by atoms with Gasteiger partial charge in [-0.2, -0.15) is 13.2 Å². The second-order valence-electron chi connectivity index (χ2n) is 6.59. The number of nitro benzene ring substituents is 1. The second kappa shape index (κ2) is 8.62. The zero-order chi connectivity index (χ0) is 23.6. The Kier molecular flexibility index (Phi) is 6.58. The van der Waals surface area contributed by atoms with Gasteiger partial charge in [0, 0.05) is 11.6 Å². The maximum atomic E-state index is 13.2. The highest BCUT2D eigenvalue weighted by Gasteiger charge is 2.42. The molecule has 0 fully saturated rings. The highest BCUT2D eigenvalue weighted by molar-refractivity contribution is 5.92. The average molecular weight is 441 g/mol.